The van der Waals surface area contributed by atoms with Crippen LogP contribution in [0.1, 0.15) is 80.2 Å². The Hall–Kier alpha value is -3.64. The molecule has 0 heteroatoms. The first-order valence-corrected chi connectivity index (χ1v) is 14.4. The summed E-state index contributed by atoms with van der Waals surface area (Å²) in [6.07, 6.45) is 13.5. The Morgan fingerprint density at radius 3 is 2.38 bits per heavy atom. The molecule has 2 unspecified atom stereocenters. The van der Waals surface area contributed by atoms with E-state index in [4.69, 9.17) is 6.58 Å². The molecule has 3 aliphatic rings. The molecule has 2 aromatic rings. The summed E-state index contributed by atoms with van der Waals surface area (Å²) in [7, 11) is 0. The maximum absolute atomic E-state index is 4.73. The predicted molar refractivity (Wildman–Crippen MR) is 171 cm³/mol. The van der Waals surface area contributed by atoms with E-state index >= 15 is 0 Å². The van der Waals surface area contributed by atoms with Crippen LogP contribution < -0.4 is 0 Å². The monoisotopic (exact) mass is 510 g/mol. The molecule has 0 spiro atoms. The highest BCUT2D eigenvalue weighted by molar-refractivity contribution is 5.78. The molecular weight excluding hydrogens is 468 g/mol. The summed E-state index contributed by atoms with van der Waals surface area (Å²) in [4.78, 5) is 0. The lowest BCUT2D eigenvalue weighted by Crippen LogP contribution is -2.21. The van der Waals surface area contributed by atoms with Crippen molar-refractivity contribution >= 4 is 11.1 Å². The number of hydrogen-bond acceptors (Lipinski definition) is 0. The zero-order valence-electron chi connectivity index (χ0n) is 24.5. The third-order valence-electron chi connectivity index (χ3n) is 8.75. The topological polar surface area (TPSA) is 0 Å². The quantitative estimate of drug-likeness (QED) is 0.347. The molecule has 0 radical (unpaired) electrons. The minimum absolute atomic E-state index is 0.279. The van der Waals surface area contributed by atoms with Crippen molar-refractivity contribution in [1.82, 2.24) is 0 Å². The summed E-state index contributed by atoms with van der Waals surface area (Å²) in [6, 6.07) is 15.8. The Morgan fingerprint density at radius 1 is 0.949 bits per heavy atom. The fourth-order valence-corrected chi connectivity index (χ4v) is 6.69. The SMILES string of the molecule is C=C(CCC)C1=C(C)C=C2CC(=CC3=CC=C(c4cc(C(=C)C)ccc4C)C3)C(=C)C2C1c1ccc(C)cc1. The van der Waals surface area contributed by atoms with Gasteiger partial charge in [-0.05, 0) is 109 Å². The van der Waals surface area contributed by atoms with E-state index in [1.54, 1.807) is 0 Å². The molecule has 198 valence electrons. The predicted octanol–water partition coefficient (Wildman–Crippen LogP) is 10.9. The second-order valence-electron chi connectivity index (χ2n) is 11.8. The lowest BCUT2D eigenvalue weighted by atomic mass is 9.69. The molecule has 5 rings (SSSR count). The van der Waals surface area contributed by atoms with Gasteiger partial charge < -0.3 is 0 Å². The van der Waals surface area contributed by atoms with Gasteiger partial charge in [0.25, 0.3) is 0 Å². The molecule has 0 amide bonds. The van der Waals surface area contributed by atoms with Crippen molar-refractivity contribution in [2.24, 2.45) is 5.92 Å². The Labute approximate surface area is 236 Å². The summed E-state index contributed by atoms with van der Waals surface area (Å²) in [6.45, 7) is 24.4. The van der Waals surface area contributed by atoms with Crippen LogP contribution in [-0.4, -0.2) is 0 Å². The van der Waals surface area contributed by atoms with Gasteiger partial charge in [-0.2, -0.15) is 0 Å². The maximum atomic E-state index is 4.73. The van der Waals surface area contributed by atoms with Crippen molar-refractivity contribution < 1.29 is 0 Å². The lowest BCUT2D eigenvalue weighted by molar-refractivity contribution is 0.619. The molecule has 1 saturated carbocycles. The van der Waals surface area contributed by atoms with Crippen LogP contribution in [0.5, 0.6) is 0 Å². The Morgan fingerprint density at radius 2 is 1.69 bits per heavy atom. The van der Waals surface area contributed by atoms with Gasteiger partial charge in [0.2, 0.25) is 0 Å². The van der Waals surface area contributed by atoms with Crippen molar-refractivity contribution in [3.8, 4) is 0 Å². The molecule has 0 aliphatic heterocycles. The van der Waals surface area contributed by atoms with E-state index in [2.05, 4.69) is 115 Å². The minimum atomic E-state index is 0.279. The highest BCUT2D eigenvalue weighted by atomic mass is 14.4. The first-order valence-electron chi connectivity index (χ1n) is 14.4. The number of hydrogen-bond donors (Lipinski definition) is 0. The number of allylic oxidation sites excluding steroid dienone is 13. The van der Waals surface area contributed by atoms with Gasteiger partial charge >= 0.3 is 0 Å². The molecule has 0 heterocycles. The normalized spacial score (nSPS) is 21.6. The van der Waals surface area contributed by atoms with Crippen LogP contribution >= 0.6 is 0 Å². The molecule has 0 bridgehead atoms. The molecule has 2 atom stereocenters. The van der Waals surface area contributed by atoms with Crippen LogP contribution in [0.3, 0.4) is 0 Å². The van der Waals surface area contributed by atoms with Crippen LogP contribution in [0.2, 0.25) is 0 Å². The molecule has 0 aromatic heterocycles. The average Bonchev–Trinajstić information content (AvgIpc) is 3.48. The largest absolute Gasteiger partial charge is 0.0955 e. The molecule has 0 saturated heterocycles. The smallest absolute Gasteiger partial charge is 0.0201 e. The van der Waals surface area contributed by atoms with E-state index in [-0.39, 0.29) is 5.92 Å². The minimum Gasteiger partial charge on any atom is -0.0955 e. The van der Waals surface area contributed by atoms with Crippen molar-refractivity contribution in [2.75, 3.05) is 0 Å². The van der Waals surface area contributed by atoms with Gasteiger partial charge in [-0.3, -0.25) is 0 Å². The molecule has 3 aliphatic carbocycles. The summed E-state index contributed by atoms with van der Waals surface area (Å²) in [5, 5.41) is 0. The van der Waals surface area contributed by atoms with Gasteiger partial charge in [0.05, 0.1) is 0 Å². The van der Waals surface area contributed by atoms with Crippen LogP contribution in [0, 0.1) is 19.8 Å². The molecule has 2 aromatic carbocycles. The lowest BCUT2D eigenvalue weighted by Gasteiger charge is -2.34. The highest BCUT2D eigenvalue weighted by Crippen LogP contribution is 2.55. The number of fused-ring (bicyclic) bond motifs is 1. The fourth-order valence-electron chi connectivity index (χ4n) is 6.69. The van der Waals surface area contributed by atoms with E-state index in [1.165, 1.54) is 72.4 Å². The number of aryl methyl sites for hydroxylation is 2. The summed E-state index contributed by atoms with van der Waals surface area (Å²) in [5.74, 6) is 0.581. The van der Waals surface area contributed by atoms with Gasteiger partial charge in [-0.1, -0.05) is 116 Å². The van der Waals surface area contributed by atoms with E-state index in [0.717, 1.165) is 31.3 Å². The van der Waals surface area contributed by atoms with Crippen LogP contribution in [0.15, 0.2) is 126 Å². The van der Waals surface area contributed by atoms with E-state index in [1.807, 2.05) is 0 Å². The fraction of sp³-hybridized carbons (Fsp3) is 0.282. The molecule has 0 nitrogen and oxygen atoms in total. The average molecular weight is 511 g/mol. The van der Waals surface area contributed by atoms with Gasteiger partial charge in [0.15, 0.2) is 0 Å². The second kappa shape index (κ2) is 10.9. The van der Waals surface area contributed by atoms with Gasteiger partial charge in [0.1, 0.15) is 0 Å². The van der Waals surface area contributed by atoms with Crippen LogP contribution in [0.4, 0.5) is 0 Å². The Balaban J connectivity index is 1.44. The molecular formula is C39H42. The number of rotatable bonds is 7. The molecule has 39 heavy (non-hydrogen) atoms. The Kier molecular flexibility index (Phi) is 7.50. The van der Waals surface area contributed by atoms with Gasteiger partial charge in [-0.15, -0.1) is 0 Å². The first-order chi connectivity index (χ1) is 18.7. The summed E-state index contributed by atoms with van der Waals surface area (Å²) < 4.78 is 0. The zero-order valence-corrected chi connectivity index (χ0v) is 24.5. The molecule has 0 N–H and O–H groups in total. The van der Waals surface area contributed by atoms with Crippen molar-refractivity contribution in [1.29, 1.82) is 0 Å². The zero-order chi connectivity index (χ0) is 27.8. The van der Waals surface area contributed by atoms with E-state index < -0.39 is 0 Å². The standard InChI is InChI=1S/C39H42/c1-9-10-27(6)37-28(7)19-35-22-34(29(8)38(35)39(37)31-15-11-25(4)12-16-31)21-30-14-18-33(20-30)36-23-32(24(2)3)17-13-26(36)5/h11-19,21,23,38-39H,2,6,8-10,20,22H2,1,3-5,7H3. The van der Waals surface area contributed by atoms with E-state index in [0.29, 0.717) is 5.92 Å². The second-order valence-corrected chi connectivity index (χ2v) is 11.8. The maximum Gasteiger partial charge on any atom is 0.0201 e. The Bertz CT molecular complexity index is 1520. The summed E-state index contributed by atoms with van der Waals surface area (Å²) >= 11 is 0. The van der Waals surface area contributed by atoms with Crippen molar-refractivity contribution in [2.45, 2.75) is 66.2 Å². The first kappa shape index (κ1) is 26.9. The highest BCUT2D eigenvalue weighted by Gasteiger charge is 2.40. The molecule has 1 fully saturated rings. The third kappa shape index (κ3) is 5.18. The van der Waals surface area contributed by atoms with Crippen LogP contribution in [0.25, 0.3) is 11.1 Å². The van der Waals surface area contributed by atoms with Gasteiger partial charge in [0, 0.05) is 11.8 Å². The summed E-state index contributed by atoms with van der Waals surface area (Å²) in [5.41, 5.74) is 18.6. The van der Waals surface area contributed by atoms with E-state index in [9.17, 15) is 0 Å². The number of benzene rings is 2. The van der Waals surface area contributed by atoms with Crippen molar-refractivity contribution in [3.05, 3.63) is 153 Å². The van der Waals surface area contributed by atoms with Gasteiger partial charge in [-0.25, -0.2) is 0 Å². The third-order valence-corrected chi connectivity index (χ3v) is 8.75. The van der Waals surface area contributed by atoms with Crippen molar-refractivity contribution in [3.63, 3.8) is 0 Å². The van der Waals surface area contributed by atoms with Crippen LogP contribution in [-0.2, 0) is 0 Å².